The number of rotatable bonds is 14. The maximum absolute atomic E-state index is 13.3. The van der Waals surface area contributed by atoms with Gasteiger partial charge in [0.05, 0.1) is 6.61 Å². The average molecular weight is 523 g/mol. The van der Waals surface area contributed by atoms with Crippen molar-refractivity contribution in [1.29, 1.82) is 0 Å². The summed E-state index contributed by atoms with van der Waals surface area (Å²) in [5.41, 5.74) is 4.51. The monoisotopic (exact) mass is 522 g/mol. The molecule has 1 fully saturated rings. The number of nitrogens with one attached hydrogen (secondary N) is 2. The number of carbonyl (C=O) groups is 2. The molecule has 0 spiro atoms. The molecule has 0 aromatic heterocycles. The van der Waals surface area contributed by atoms with Crippen molar-refractivity contribution >= 4 is 18.0 Å². The molecule has 0 heterocycles. The summed E-state index contributed by atoms with van der Waals surface area (Å²) in [7, 11) is 0. The summed E-state index contributed by atoms with van der Waals surface area (Å²) in [5.74, 6) is -0.184. The molecule has 2 N–H and O–H groups in total. The third-order valence-electron chi connectivity index (χ3n) is 6.51. The zero-order chi connectivity index (χ0) is 27.4. The van der Waals surface area contributed by atoms with Gasteiger partial charge in [-0.1, -0.05) is 68.4 Å². The highest BCUT2D eigenvalue weighted by molar-refractivity contribution is 5.90. The number of amides is 1. The Morgan fingerprint density at radius 3 is 2.34 bits per heavy atom. The fraction of sp³-hybridized carbons (Fsp3) is 0.484. The van der Waals surface area contributed by atoms with E-state index in [4.69, 9.17) is 14.3 Å². The van der Waals surface area contributed by atoms with Crippen molar-refractivity contribution in [1.82, 2.24) is 10.8 Å². The zero-order valence-electron chi connectivity index (χ0n) is 23.1. The number of carbonyl (C=O) groups excluding carboxylic acids is 2. The molecular weight excluding hydrogens is 480 g/mol. The molecular formula is C31H42N2O5. The fourth-order valence-corrected chi connectivity index (χ4v) is 4.25. The second-order valence-corrected chi connectivity index (χ2v) is 10.6. The number of hydrogen-bond donors (Lipinski definition) is 2. The highest BCUT2D eigenvalue weighted by Crippen LogP contribution is 2.24. The van der Waals surface area contributed by atoms with E-state index in [1.807, 2.05) is 75.4 Å². The fourth-order valence-electron chi connectivity index (χ4n) is 4.25. The molecule has 2 aromatic rings. The summed E-state index contributed by atoms with van der Waals surface area (Å²) in [6, 6.07) is 17.8. The molecule has 0 radical (unpaired) electrons. The number of hydroxylamine groups is 1. The summed E-state index contributed by atoms with van der Waals surface area (Å²) < 4.78 is 11.4. The smallest absolute Gasteiger partial charge is 0.326 e. The van der Waals surface area contributed by atoms with Crippen LogP contribution < -0.4 is 10.8 Å². The first-order valence-corrected chi connectivity index (χ1v) is 13.6. The van der Waals surface area contributed by atoms with Gasteiger partial charge in [0.2, 0.25) is 0 Å². The quantitative estimate of drug-likeness (QED) is 0.151. The van der Waals surface area contributed by atoms with E-state index in [-0.39, 0.29) is 18.0 Å². The van der Waals surface area contributed by atoms with Gasteiger partial charge in [-0.05, 0) is 68.2 Å². The van der Waals surface area contributed by atoms with Gasteiger partial charge in [0, 0.05) is 19.0 Å². The van der Waals surface area contributed by atoms with Gasteiger partial charge in [-0.2, -0.15) is 0 Å². The highest BCUT2D eigenvalue weighted by Gasteiger charge is 2.36. The minimum atomic E-state index is -0.851. The van der Waals surface area contributed by atoms with Gasteiger partial charge in [-0.25, -0.2) is 10.3 Å². The Morgan fingerprint density at radius 1 is 1.00 bits per heavy atom. The lowest BCUT2D eigenvalue weighted by Crippen LogP contribution is -2.52. The van der Waals surface area contributed by atoms with E-state index in [0.717, 1.165) is 42.4 Å². The Labute approximate surface area is 226 Å². The molecule has 1 aliphatic carbocycles. The van der Waals surface area contributed by atoms with Crippen molar-refractivity contribution in [3.05, 3.63) is 77.4 Å². The molecule has 38 heavy (non-hydrogen) atoms. The Balaban J connectivity index is 1.54. The molecule has 0 bridgehead atoms. The van der Waals surface area contributed by atoms with Crippen LogP contribution in [0.4, 0.5) is 0 Å². The maximum atomic E-state index is 13.3. The molecule has 0 saturated heterocycles. The molecule has 1 unspecified atom stereocenters. The van der Waals surface area contributed by atoms with Crippen molar-refractivity contribution in [2.24, 2.45) is 5.92 Å². The van der Waals surface area contributed by atoms with Crippen LogP contribution in [-0.2, 0) is 36.9 Å². The van der Waals surface area contributed by atoms with Crippen LogP contribution in [-0.4, -0.2) is 36.4 Å². The van der Waals surface area contributed by atoms with Crippen LogP contribution in [0.25, 0.3) is 6.08 Å². The number of hydrogen-bond acceptors (Lipinski definition) is 6. The lowest BCUT2D eigenvalue weighted by Gasteiger charge is -2.30. The molecule has 7 heteroatoms. The minimum absolute atomic E-state index is 0.0175. The molecule has 1 saturated carbocycles. The molecule has 7 nitrogen and oxygen atoms in total. The predicted octanol–water partition coefficient (Wildman–Crippen LogP) is 5.34. The normalized spacial score (nSPS) is 16.4. The number of esters is 1. The van der Waals surface area contributed by atoms with Gasteiger partial charge in [-0.3, -0.25) is 14.9 Å². The van der Waals surface area contributed by atoms with Crippen LogP contribution in [0.15, 0.2) is 60.7 Å². The average Bonchev–Trinajstić information content (AvgIpc) is 3.42. The van der Waals surface area contributed by atoms with E-state index in [0.29, 0.717) is 25.5 Å². The second-order valence-electron chi connectivity index (χ2n) is 10.6. The Morgan fingerprint density at radius 2 is 1.68 bits per heavy atom. The van der Waals surface area contributed by atoms with E-state index in [1.54, 1.807) is 13.0 Å². The zero-order valence-corrected chi connectivity index (χ0v) is 23.1. The lowest BCUT2D eigenvalue weighted by atomic mass is 9.92. The van der Waals surface area contributed by atoms with Gasteiger partial charge in [0.1, 0.15) is 11.6 Å². The largest absolute Gasteiger partial charge is 0.461 e. The second kappa shape index (κ2) is 14.8. The summed E-state index contributed by atoms with van der Waals surface area (Å²) in [4.78, 5) is 30.5. The number of benzene rings is 2. The topological polar surface area (TPSA) is 85.9 Å². The molecule has 1 amide bonds. The molecule has 3 rings (SSSR count). The van der Waals surface area contributed by atoms with E-state index in [9.17, 15) is 9.59 Å². The van der Waals surface area contributed by atoms with Crippen LogP contribution in [0, 0.1) is 5.92 Å². The first kappa shape index (κ1) is 29.6. The van der Waals surface area contributed by atoms with Crippen LogP contribution >= 0.6 is 0 Å². The van der Waals surface area contributed by atoms with Crippen molar-refractivity contribution in [3.63, 3.8) is 0 Å². The van der Waals surface area contributed by atoms with Gasteiger partial charge < -0.3 is 9.47 Å². The van der Waals surface area contributed by atoms with E-state index < -0.39 is 11.8 Å². The van der Waals surface area contributed by atoms with Gasteiger partial charge >= 0.3 is 5.97 Å². The first-order valence-electron chi connectivity index (χ1n) is 13.6. The van der Waals surface area contributed by atoms with Crippen molar-refractivity contribution < 1.29 is 23.9 Å². The minimum Gasteiger partial charge on any atom is -0.461 e. The van der Waals surface area contributed by atoms with Gasteiger partial charge in [0.15, 0.2) is 6.29 Å². The summed E-state index contributed by atoms with van der Waals surface area (Å²) in [6.07, 6.45) is 7.28. The summed E-state index contributed by atoms with van der Waals surface area (Å²) >= 11 is 0. The number of ether oxygens (including phenoxy) is 2. The summed E-state index contributed by atoms with van der Waals surface area (Å²) in [6.45, 7) is 8.81. The first-order chi connectivity index (χ1) is 18.2. The third kappa shape index (κ3) is 10.0. The highest BCUT2D eigenvalue weighted by atomic mass is 16.8. The maximum Gasteiger partial charge on any atom is 0.326 e. The van der Waals surface area contributed by atoms with Crippen LogP contribution in [0.3, 0.4) is 0 Å². The molecule has 2 aromatic carbocycles. The Kier molecular flexibility index (Phi) is 11.5. The molecule has 0 aliphatic heterocycles. The molecule has 2 atom stereocenters. The summed E-state index contributed by atoms with van der Waals surface area (Å²) in [5, 5.41) is 3.46. The Hall–Kier alpha value is -3.00. The van der Waals surface area contributed by atoms with E-state index >= 15 is 0 Å². The lowest BCUT2D eigenvalue weighted by molar-refractivity contribution is -0.180. The molecule has 1 aliphatic rings. The van der Waals surface area contributed by atoms with Crippen LogP contribution in [0.2, 0.25) is 0 Å². The van der Waals surface area contributed by atoms with E-state index in [1.165, 1.54) is 6.08 Å². The van der Waals surface area contributed by atoms with Crippen molar-refractivity contribution in [2.75, 3.05) is 6.61 Å². The predicted molar refractivity (Wildman–Crippen MR) is 149 cm³/mol. The molecule has 206 valence electrons. The van der Waals surface area contributed by atoms with E-state index in [2.05, 4.69) is 10.8 Å². The van der Waals surface area contributed by atoms with Crippen LogP contribution in [0.1, 0.15) is 70.1 Å². The third-order valence-corrected chi connectivity index (χ3v) is 6.51. The van der Waals surface area contributed by atoms with Crippen molar-refractivity contribution in [2.45, 2.75) is 84.3 Å². The standard InChI is InChI=1S/C31H42N2O5/c1-23(2)22-36-24(3)38-33-29(34)19-18-25-14-16-27(17-15-25)21-32-31(4,20-26-10-6-5-7-11-26)30(35)37-28-12-8-9-13-28/h5-7,10-11,14-19,23-24,28,32H,8-9,12-13,20-22H2,1-4H3,(H,33,34)/b19-18+/t24?,31-/m0/s1. The van der Waals surface area contributed by atoms with Gasteiger partial charge in [0.25, 0.3) is 5.91 Å². The Bertz CT molecular complexity index is 1030. The SMILES string of the molecule is CC(C)COC(C)ONC(=O)/C=C/c1ccc(CN[C@@](C)(Cc2ccccc2)C(=O)OC2CCCC2)cc1. The van der Waals surface area contributed by atoms with Gasteiger partial charge in [-0.15, -0.1) is 0 Å². The van der Waals surface area contributed by atoms with Crippen LogP contribution in [0.5, 0.6) is 0 Å². The van der Waals surface area contributed by atoms with Crippen molar-refractivity contribution in [3.8, 4) is 0 Å².